The minimum Gasteiger partial charge on any atom is -0.449 e. The van der Waals surface area contributed by atoms with Gasteiger partial charge in [-0.05, 0) is 50.5 Å². The number of halogens is 2. The quantitative estimate of drug-likeness (QED) is 0.694. The van der Waals surface area contributed by atoms with Gasteiger partial charge in [-0.15, -0.1) is 0 Å². The average Bonchev–Trinajstić information content (AvgIpc) is 2.63. The van der Waals surface area contributed by atoms with Gasteiger partial charge >= 0.3 is 5.97 Å². The van der Waals surface area contributed by atoms with Crippen LogP contribution in [0.3, 0.4) is 0 Å². The van der Waals surface area contributed by atoms with Crippen molar-refractivity contribution >= 4 is 35.1 Å². The van der Waals surface area contributed by atoms with Gasteiger partial charge in [-0.3, -0.25) is 4.79 Å². The van der Waals surface area contributed by atoms with Gasteiger partial charge in [0.05, 0.1) is 15.6 Å². The van der Waals surface area contributed by atoms with Gasteiger partial charge in [0.2, 0.25) is 0 Å². The van der Waals surface area contributed by atoms with Crippen molar-refractivity contribution < 1.29 is 14.3 Å². The first-order valence-corrected chi connectivity index (χ1v) is 9.12. The van der Waals surface area contributed by atoms with E-state index in [1.54, 1.807) is 0 Å². The predicted molar refractivity (Wildman–Crippen MR) is 104 cm³/mol. The minimum absolute atomic E-state index is 0.0335. The van der Waals surface area contributed by atoms with Crippen molar-refractivity contribution in [1.29, 1.82) is 0 Å². The number of rotatable bonds is 7. The molecular weight excluding hydrogens is 373 g/mol. The predicted octanol–water partition coefficient (Wildman–Crippen LogP) is 4.68. The van der Waals surface area contributed by atoms with Crippen LogP contribution in [-0.4, -0.2) is 24.0 Å². The number of hydrogen-bond acceptors (Lipinski definition) is 3. The maximum Gasteiger partial charge on any atom is 0.338 e. The van der Waals surface area contributed by atoms with Gasteiger partial charge in [0.15, 0.2) is 6.10 Å². The summed E-state index contributed by atoms with van der Waals surface area (Å²) in [4.78, 5) is 24.3. The first-order valence-electron chi connectivity index (χ1n) is 8.37. The van der Waals surface area contributed by atoms with Crippen LogP contribution in [-0.2, 0) is 16.0 Å². The smallest absolute Gasteiger partial charge is 0.338 e. The Balaban J connectivity index is 1.82. The number of amides is 1. The summed E-state index contributed by atoms with van der Waals surface area (Å²) in [5.41, 5.74) is 1.46. The molecule has 0 unspecified atom stereocenters. The van der Waals surface area contributed by atoms with Crippen LogP contribution in [0.5, 0.6) is 0 Å². The number of esters is 1. The summed E-state index contributed by atoms with van der Waals surface area (Å²) < 4.78 is 5.20. The number of hydrogen-bond donors (Lipinski definition) is 1. The fourth-order valence-corrected chi connectivity index (χ4v) is 2.66. The average molecular weight is 394 g/mol. The van der Waals surface area contributed by atoms with Gasteiger partial charge in [0.1, 0.15) is 0 Å². The molecule has 0 saturated carbocycles. The first-order chi connectivity index (χ1) is 12.4. The summed E-state index contributed by atoms with van der Waals surface area (Å²) in [6.45, 7) is 3.46. The summed E-state index contributed by atoms with van der Waals surface area (Å²) in [5.74, 6) is -0.956. The molecule has 0 bridgehead atoms. The molecule has 138 valence electrons. The van der Waals surface area contributed by atoms with Gasteiger partial charge in [-0.25, -0.2) is 4.79 Å². The highest BCUT2D eigenvalue weighted by Gasteiger charge is 2.20. The molecule has 0 heterocycles. The number of carbonyl (C=O) groups excluding carboxylic acids is 2. The fourth-order valence-electron chi connectivity index (χ4n) is 2.37. The van der Waals surface area contributed by atoms with Crippen molar-refractivity contribution in [3.05, 3.63) is 69.7 Å². The number of ether oxygens (including phenoxy) is 1. The van der Waals surface area contributed by atoms with Gasteiger partial charge in [-0.1, -0.05) is 53.5 Å². The summed E-state index contributed by atoms with van der Waals surface area (Å²) in [6.07, 6.45) is 0.749. The molecule has 2 rings (SSSR count). The Morgan fingerprint density at radius 2 is 1.73 bits per heavy atom. The van der Waals surface area contributed by atoms with Crippen LogP contribution in [0.1, 0.15) is 36.2 Å². The molecule has 2 aromatic rings. The third-order valence-electron chi connectivity index (χ3n) is 3.91. The van der Waals surface area contributed by atoms with Crippen LogP contribution in [0.2, 0.25) is 10.0 Å². The number of aryl methyl sites for hydroxylation is 1. The second-order valence-electron chi connectivity index (χ2n) is 6.11. The van der Waals surface area contributed by atoms with Crippen LogP contribution >= 0.6 is 23.2 Å². The molecule has 6 heteroatoms. The molecular formula is C20H21Cl2NO3. The second kappa shape index (κ2) is 9.60. The van der Waals surface area contributed by atoms with Crippen molar-refractivity contribution in [3.63, 3.8) is 0 Å². The molecule has 2 aromatic carbocycles. The van der Waals surface area contributed by atoms with Crippen molar-refractivity contribution in [2.75, 3.05) is 0 Å². The Bertz CT molecular complexity index is 765. The topological polar surface area (TPSA) is 55.4 Å². The summed E-state index contributed by atoms with van der Waals surface area (Å²) in [6, 6.07) is 14.4. The number of benzene rings is 2. The van der Waals surface area contributed by atoms with Gasteiger partial charge in [0, 0.05) is 6.04 Å². The zero-order chi connectivity index (χ0) is 19.1. The molecule has 0 aliphatic carbocycles. The molecule has 1 amide bonds. The Morgan fingerprint density at radius 3 is 2.38 bits per heavy atom. The van der Waals surface area contributed by atoms with Crippen LogP contribution in [0.25, 0.3) is 0 Å². The van der Waals surface area contributed by atoms with E-state index in [0.717, 1.165) is 12.8 Å². The molecule has 2 atom stereocenters. The molecule has 0 saturated heterocycles. The standard InChI is InChI=1S/C20H21Cl2NO3/c1-13(8-9-15-6-4-3-5-7-15)23-19(24)14(2)26-20(25)16-10-11-17(21)18(22)12-16/h3-7,10-14H,8-9H2,1-2H3,(H,23,24)/t13-,14-/m1/s1. The van der Waals surface area contributed by atoms with Crippen LogP contribution in [0.15, 0.2) is 48.5 Å². The fraction of sp³-hybridized carbons (Fsp3) is 0.300. The lowest BCUT2D eigenvalue weighted by Crippen LogP contribution is -2.41. The highest BCUT2D eigenvalue weighted by Crippen LogP contribution is 2.23. The molecule has 0 aliphatic heterocycles. The molecule has 0 aromatic heterocycles. The van der Waals surface area contributed by atoms with Crippen molar-refractivity contribution in [3.8, 4) is 0 Å². The maximum atomic E-state index is 12.2. The first kappa shape index (κ1) is 20.3. The molecule has 26 heavy (non-hydrogen) atoms. The van der Waals surface area contributed by atoms with E-state index < -0.39 is 12.1 Å². The highest BCUT2D eigenvalue weighted by molar-refractivity contribution is 6.42. The number of nitrogens with one attached hydrogen (secondary N) is 1. The summed E-state index contributed by atoms with van der Waals surface area (Å²) >= 11 is 11.7. The molecule has 0 spiro atoms. The van der Waals surface area contributed by atoms with E-state index in [4.69, 9.17) is 27.9 Å². The van der Waals surface area contributed by atoms with Crippen molar-refractivity contribution in [1.82, 2.24) is 5.32 Å². The highest BCUT2D eigenvalue weighted by atomic mass is 35.5. The van der Waals surface area contributed by atoms with Crippen LogP contribution in [0.4, 0.5) is 0 Å². The van der Waals surface area contributed by atoms with Crippen molar-refractivity contribution in [2.45, 2.75) is 38.8 Å². The van der Waals surface area contributed by atoms with Gasteiger partial charge in [0.25, 0.3) is 5.91 Å². The lowest BCUT2D eigenvalue weighted by molar-refractivity contribution is -0.129. The normalized spacial score (nSPS) is 12.9. The van der Waals surface area contributed by atoms with E-state index in [2.05, 4.69) is 17.4 Å². The lowest BCUT2D eigenvalue weighted by Gasteiger charge is -2.18. The second-order valence-corrected chi connectivity index (χ2v) is 6.92. The van der Waals surface area contributed by atoms with E-state index in [1.807, 2.05) is 25.1 Å². The van der Waals surface area contributed by atoms with Crippen molar-refractivity contribution in [2.24, 2.45) is 0 Å². The third kappa shape index (κ3) is 6.04. The van der Waals surface area contributed by atoms with Gasteiger partial charge in [-0.2, -0.15) is 0 Å². The van der Waals surface area contributed by atoms with E-state index in [0.29, 0.717) is 5.02 Å². The molecule has 0 radical (unpaired) electrons. The monoisotopic (exact) mass is 393 g/mol. The zero-order valence-corrected chi connectivity index (χ0v) is 16.2. The van der Waals surface area contributed by atoms with Gasteiger partial charge < -0.3 is 10.1 Å². The summed E-state index contributed by atoms with van der Waals surface area (Å²) in [7, 11) is 0. The SMILES string of the molecule is C[C@H](CCc1ccccc1)NC(=O)[C@@H](C)OC(=O)c1ccc(Cl)c(Cl)c1. The Morgan fingerprint density at radius 1 is 1.04 bits per heavy atom. The Hall–Kier alpha value is -2.04. The van der Waals surface area contributed by atoms with E-state index in [9.17, 15) is 9.59 Å². The van der Waals surface area contributed by atoms with E-state index in [1.165, 1.54) is 30.7 Å². The Kier molecular flexibility index (Phi) is 7.49. The zero-order valence-electron chi connectivity index (χ0n) is 14.7. The molecule has 1 N–H and O–H groups in total. The lowest BCUT2D eigenvalue weighted by atomic mass is 10.1. The largest absolute Gasteiger partial charge is 0.449 e. The number of carbonyl (C=O) groups is 2. The maximum absolute atomic E-state index is 12.2. The Labute approximate surface area is 163 Å². The summed E-state index contributed by atoms with van der Waals surface area (Å²) in [5, 5.41) is 3.47. The van der Waals surface area contributed by atoms with Crippen LogP contribution in [0, 0.1) is 0 Å². The molecule has 0 aliphatic rings. The van der Waals surface area contributed by atoms with Crippen LogP contribution < -0.4 is 5.32 Å². The third-order valence-corrected chi connectivity index (χ3v) is 4.64. The molecule has 0 fully saturated rings. The minimum atomic E-state index is -0.906. The van der Waals surface area contributed by atoms with E-state index >= 15 is 0 Å². The van der Waals surface area contributed by atoms with E-state index in [-0.39, 0.29) is 22.5 Å². The molecule has 4 nitrogen and oxygen atoms in total.